The van der Waals surface area contributed by atoms with E-state index in [1.807, 2.05) is 44.7 Å². The van der Waals surface area contributed by atoms with Crippen molar-refractivity contribution in [3.05, 3.63) is 151 Å². The fourth-order valence-corrected chi connectivity index (χ4v) is 10.4. The second-order valence-electron chi connectivity index (χ2n) is 17.4. The van der Waals surface area contributed by atoms with E-state index in [2.05, 4.69) is 112 Å². The van der Waals surface area contributed by atoms with Crippen molar-refractivity contribution in [3.63, 3.8) is 0 Å². The molecule has 0 amide bonds. The van der Waals surface area contributed by atoms with Gasteiger partial charge in [-0.15, -0.1) is 22.7 Å². The summed E-state index contributed by atoms with van der Waals surface area (Å²) < 4.78 is 14.2. The molecular weight excluding hydrogens is 909 g/mol. The van der Waals surface area contributed by atoms with E-state index >= 15 is 0 Å². The quantitative estimate of drug-likeness (QED) is 0.0984. The number of benzene rings is 2. The lowest BCUT2D eigenvalue weighted by molar-refractivity contribution is 0.0701. The Morgan fingerprint density at radius 2 is 1.19 bits per heavy atom. The summed E-state index contributed by atoms with van der Waals surface area (Å²) in [4.78, 5) is 45.2. The zero-order chi connectivity index (χ0) is 48.6. The van der Waals surface area contributed by atoms with Crippen molar-refractivity contribution in [1.29, 1.82) is 0 Å². The van der Waals surface area contributed by atoms with Crippen molar-refractivity contribution < 1.29 is 24.2 Å². The summed E-state index contributed by atoms with van der Waals surface area (Å²) in [5.74, 6) is 1.12. The van der Waals surface area contributed by atoms with E-state index in [9.17, 15) is 9.59 Å². The molecule has 2 aliphatic rings. The Morgan fingerprint density at radius 3 is 1.64 bits per heavy atom. The highest BCUT2D eigenvalue weighted by atomic mass is 32.1. The Labute approximate surface area is 409 Å². The molecule has 0 saturated heterocycles. The van der Waals surface area contributed by atoms with Crippen molar-refractivity contribution in [2.75, 3.05) is 23.8 Å². The van der Waals surface area contributed by atoms with Crippen LogP contribution in [0.25, 0.3) is 22.5 Å². The first-order valence-corrected chi connectivity index (χ1v) is 24.4. The third-order valence-electron chi connectivity index (χ3n) is 11.7. The van der Waals surface area contributed by atoms with Crippen molar-refractivity contribution in [1.82, 2.24) is 39.5 Å². The molecule has 6 aromatic heterocycles. The molecule has 17 heteroatoms. The second-order valence-corrected chi connectivity index (χ2v) is 19.7. The Hall–Kier alpha value is -6.92. The lowest BCUT2D eigenvalue weighted by Crippen LogP contribution is -2.06. The van der Waals surface area contributed by atoms with E-state index in [0.29, 0.717) is 48.9 Å². The van der Waals surface area contributed by atoms with Crippen LogP contribution in [0.1, 0.15) is 102 Å². The van der Waals surface area contributed by atoms with Crippen LogP contribution in [0, 0.1) is 13.8 Å². The normalized spacial score (nSPS) is 13.3. The Balaban J connectivity index is 0.000000157. The van der Waals surface area contributed by atoms with Gasteiger partial charge in [0.2, 0.25) is 11.9 Å². The number of Topliss-reactive ketones (excluding diaryl/α,β-unsaturated/α-hetero) is 1. The number of aromatic carboxylic acids is 1. The molecule has 10 rings (SSSR count). The smallest absolute Gasteiger partial charge is 0.345 e. The third kappa shape index (κ3) is 12.4. The number of nitrogens with zero attached hydrogens (tertiary/aromatic N) is 8. The number of hydrogen-bond acceptors (Lipinski definition) is 14. The van der Waals surface area contributed by atoms with Gasteiger partial charge in [-0.2, -0.15) is 10.2 Å². The molecule has 356 valence electrons. The highest BCUT2D eigenvalue weighted by Crippen LogP contribution is 2.33. The zero-order valence-electron chi connectivity index (χ0n) is 39.8. The van der Waals surface area contributed by atoms with Crippen LogP contribution in [0.2, 0.25) is 0 Å². The number of aromatic nitrogens is 8. The van der Waals surface area contributed by atoms with E-state index in [1.165, 1.54) is 43.3 Å². The number of carboxylic acids is 1. The van der Waals surface area contributed by atoms with Crippen LogP contribution in [0.4, 0.5) is 23.3 Å². The van der Waals surface area contributed by atoms with Gasteiger partial charge in [0.05, 0.1) is 66.5 Å². The summed E-state index contributed by atoms with van der Waals surface area (Å²) in [5.41, 5.74) is 12.8. The van der Waals surface area contributed by atoms with Crippen LogP contribution >= 0.6 is 22.7 Å². The first-order valence-electron chi connectivity index (χ1n) is 22.8. The van der Waals surface area contributed by atoms with Gasteiger partial charge in [0.1, 0.15) is 4.88 Å². The lowest BCUT2D eigenvalue weighted by atomic mass is 9.90. The van der Waals surface area contributed by atoms with Crippen molar-refractivity contribution in [2.45, 2.75) is 78.9 Å². The number of hydrogen-bond donors (Lipinski definition) is 3. The molecule has 1 atom stereocenters. The van der Waals surface area contributed by atoms with E-state index in [1.54, 1.807) is 51.6 Å². The summed E-state index contributed by atoms with van der Waals surface area (Å²) in [7, 11) is 3.74. The topological polar surface area (TPSA) is 184 Å². The fourth-order valence-electron chi connectivity index (χ4n) is 8.29. The van der Waals surface area contributed by atoms with E-state index < -0.39 is 5.97 Å². The summed E-state index contributed by atoms with van der Waals surface area (Å²) >= 11 is 3.00. The molecule has 3 N–H and O–H groups in total. The Bertz CT molecular complexity index is 3030. The average molecular weight is 965 g/mol. The number of ether oxygens (including phenoxy) is 2. The van der Waals surface area contributed by atoms with Crippen molar-refractivity contribution in [3.8, 4) is 22.5 Å². The van der Waals surface area contributed by atoms with E-state index in [0.717, 1.165) is 69.3 Å². The minimum atomic E-state index is -0.839. The third-order valence-corrected chi connectivity index (χ3v) is 14.3. The zero-order valence-corrected chi connectivity index (χ0v) is 41.4. The molecule has 2 aromatic carbocycles. The van der Waals surface area contributed by atoms with Crippen LogP contribution < -0.4 is 10.6 Å². The number of ketones is 1. The highest BCUT2D eigenvalue weighted by Gasteiger charge is 2.21. The molecule has 0 saturated carbocycles. The minimum Gasteiger partial charge on any atom is -0.477 e. The number of carbonyl (C=O) groups excluding carboxylic acids is 1. The predicted octanol–water partition coefficient (Wildman–Crippen LogP) is 11.0. The molecule has 0 radical (unpaired) electrons. The largest absolute Gasteiger partial charge is 0.477 e. The molecule has 0 bridgehead atoms. The van der Waals surface area contributed by atoms with Gasteiger partial charge >= 0.3 is 5.97 Å². The molecular formula is C52H56N10O5S2. The van der Waals surface area contributed by atoms with Gasteiger partial charge in [0, 0.05) is 79.0 Å². The number of fused-ring (bicyclic) bond motifs is 2. The lowest BCUT2D eigenvalue weighted by Gasteiger charge is -2.15. The van der Waals surface area contributed by atoms with Gasteiger partial charge in [-0.25, -0.2) is 24.7 Å². The predicted molar refractivity (Wildman–Crippen MR) is 271 cm³/mol. The first kappa shape index (κ1) is 48.5. The number of rotatable bonds is 12. The van der Waals surface area contributed by atoms with Crippen LogP contribution in [-0.4, -0.2) is 69.6 Å². The number of aryl methyl sites for hydroxylation is 4. The monoisotopic (exact) mass is 964 g/mol. The standard InChI is InChI=1S/C26H27N5O2S.C18H21N5.C8H8O3S/c1-16-10-18(22-6-8-27-26(30-22)29-20-13-28-31(3)14-20)4-5-21(16)17(2)11-23(32)25-12-19-15-33-9-7-24(19)34-25;1-12(2)16-6-5-14(9-13(16)3)17-7-8-19-18(22-17)21-15-10-20-23(4)11-15;9-8(10)7-3-5-4-11-2-1-6(5)12-7/h4-6,8,10,12-14,17H,7,9,11,15H2,1-3H3,(H,27,29,30);5-12H,1-4H3,(H,19,21,22);3H,1-2,4H2,(H,9,10). The number of thiophene rings is 2. The molecule has 2 aliphatic heterocycles. The maximum Gasteiger partial charge on any atom is 0.345 e. The molecule has 15 nitrogen and oxygen atoms in total. The average Bonchev–Trinajstić information content (AvgIpc) is 4.16. The molecule has 0 aliphatic carbocycles. The number of carboxylic acid groups (broad SMARTS) is 1. The van der Waals surface area contributed by atoms with Crippen LogP contribution in [-0.2, 0) is 49.6 Å². The number of anilines is 4. The molecule has 0 fully saturated rings. The van der Waals surface area contributed by atoms with Gasteiger partial charge in [0.15, 0.2) is 5.78 Å². The second kappa shape index (κ2) is 22.0. The Kier molecular flexibility index (Phi) is 15.5. The van der Waals surface area contributed by atoms with Gasteiger partial charge in [-0.05, 0) is 95.5 Å². The maximum atomic E-state index is 13.0. The fraction of sp³-hybridized carbons (Fsp3) is 0.308. The number of carbonyl (C=O) groups is 2. The van der Waals surface area contributed by atoms with E-state index in [4.69, 9.17) is 14.6 Å². The molecule has 8 aromatic rings. The molecule has 69 heavy (non-hydrogen) atoms. The van der Waals surface area contributed by atoms with Crippen LogP contribution in [0.3, 0.4) is 0 Å². The van der Waals surface area contributed by atoms with Gasteiger partial charge < -0.3 is 25.2 Å². The highest BCUT2D eigenvalue weighted by molar-refractivity contribution is 7.14. The van der Waals surface area contributed by atoms with Crippen molar-refractivity contribution >= 4 is 57.7 Å². The summed E-state index contributed by atoms with van der Waals surface area (Å²) in [5, 5.41) is 23.3. The minimum absolute atomic E-state index is 0.130. The van der Waals surface area contributed by atoms with Gasteiger partial charge in [-0.3, -0.25) is 14.2 Å². The summed E-state index contributed by atoms with van der Waals surface area (Å²) in [6.45, 7) is 13.4. The van der Waals surface area contributed by atoms with E-state index in [-0.39, 0.29) is 11.7 Å². The van der Waals surface area contributed by atoms with Gasteiger partial charge in [0.25, 0.3) is 0 Å². The summed E-state index contributed by atoms with van der Waals surface area (Å²) in [6.07, 6.45) is 13.0. The maximum absolute atomic E-state index is 13.0. The van der Waals surface area contributed by atoms with Crippen LogP contribution in [0.15, 0.2) is 97.8 Å². The van der Waals surface area contributed by atoms with Crippen LogP contribution in [0.5, 0.6) is 0 Å². The SMILES string of the molecule is Cc1cc(-c2ccnc(Nc3cnn(C)c3)n2)ccc1C(C)C.Cc1cc(-c2ccnc(Nc3cnn(C)c3)n2)ccc1C(C)CC(=O)c1cc2c(s1)CCOC2.O=C(O)c1cc2c(s1)CCOC2. The summed E-state index contributed by atoms with van der Waals surface area (Å²) in [6, 6.07) is 20.4. The Morgan fingerprint density at radius 1 is 0.696 bits per heavy atom. The molecule has 1 unspecified atom stereocenters. The molecule has 8 heterocycles. The van der Waals surface area contributed by atoms with Crippen molar-refractivity contribution in [2.24, 2.45) is 14.1 Å². The molecule has 0 spiro atoms. The number of nitrogens with one attached hydrogen (secondary N) is 2. The first-order chi connectivity index (χ1) is 33.3. The van der Waals surface area contributed by atoms with Gasteiger partial charge in [-0.1, -0.05) is 45.0 Å².